The number of aromatic nitrogens is 1. The molecule has 0 saturated carbocycles. The van der Waals surface area contributed by atoms with E-state index in [1.54, 1.807) is 0 Å². The summed E-state index contributed by atoms with van der Waals surface area (Å²) in [6.07, 6.45) is 1.93. The van der Waals surface area contributed by atoms with Crippen LogP contribution in [0.15, 0.2) is 18.3 Å². The number of aryl methyl sites for hydroxylation is 1. The summed E-state index contributed by atoms with van der Waals surface area (Å²) in [5.41, 5.74) is 8.13. The highest BCUT2D eigenvalue weighted by Crippen LogP contribution is 2.18. The number of likely N-dealkylation sites (N-methyl/N-ethyl adjacent to an activating group) is 1. The summed E-state index contributed by atoms with van der Waals surface area (Å²) in [6.45, 7) is 10.1. The lowest BCUT2D eigenvalue weighted by Crippen LogP contribution is -2.36. The molecule has 102 valence electrons. The molecule has 1 aromatic heterocycles. The molecular weight excluding hydrogens is 226 g/mol. The first-order chi connectivity index (χ1) is 8.72. The first-order valence-corrected chi connectivity index (χ1v) is 6.67. The van der Waals surface area contributed by atoms with Gasteiger partial charge in [-0.1, -0.05) is 13.0 Å². The average Bonchev–Trinajstić information content (AvgIpc) is 2.40. The Morgan fingerprint density at radius 2 is 2.17 bits per heavy atom. The highest BCUT2D eigenvalue weighted by Gasteiger charge is 2.17. The van der Waals surface area contributed by atoms with Crippen LogP contribution in [-0.4, -0.2) is 42.7 Å². The molecule has 4 heteroatoms. The SMILES string of the molecule is CCOCCN(CC)C(CN)c1ccc(C)nc1. The van der Waals surface area contributed by atoms with Crippen LogP contribution in [-0.2, 0) is 4.74 Å². The Morgan fingerprint density at radius 1 is 1.39 bits per heavy atom. The van der Waals surface area contributed by atoms with Gasteiger partial charge in [0.2, 0.25) is 0 Å². The fourth-order valence-electron chi connectivity index (χ4n) is 2.03. The lowest BCUT2D eigenvalue weighted by atomic mass is 10.1. The quantitative estimate of drug-likeness (QED) is 0.715. The van der Waals surface area contributed by atoms with E-state index in [1.165, 1.54) is 5.56 Å². The maximum Gasteiger partial charge on any atom is 0.0593 e. The van der Waals surface area contributed by atoms with Crippen molar-refractivity contribution in [1.82, 2.24) is 9.88 Å². The minimum atomic E-state index is 0.226. The molecule has 0 aliphatic carbocycles. The molecular formula is C14H25N3O. The predicted molar refractivity (Wildman–Crippen MR) is 74.5 cm³/mol. The number of ether oxygens (including phenoxy) is 1. The summed E-state index contributed by atoms with van der Waals surface area (Å²) in [5.74, 6) is 0. The lowest BCUT2D eigenvalue weighted by Gasteiger charge is -2.29. The maximum atomic E-state index is 5.91. The van der Waals surface area contributed by atoms with Gasteiger partial charge < -0.3 is 10.5 Å². The third-order valence-corrected chi connectivity index (χ3v) is 3.12. The monoisotopic (exact) mass is 251 g/mol. The van der Waals surface area contributed by atoms with Gasteiger partial charge in [0.15, 0.2) is 0 Å². The molecule has 0 spiro atoms. The number of nitrogens with two attached hydrogens (primary N) is 1. The Kier molecular flexibility index (Phi) is 6.86. The standard InChI is InChI=1S/C14H25N3O/c1-4-17(8-9-18-5-2)14(10-15)13-7-6-12(3)16-11-13/h6-7,11,14H,4-5,8-10,15H2,1-3H3. The second-order valence-corrected chi connectivity index (χ2v) is 4.31. The van der Waals surface area contributed by atoms with Crippen molar-refractivity contribution in [3.05, 3.63) is 29.6 Å². The van der Waals surface area contributed by atoms with Crippen LogP contribution in [0.25, 0.3) is 0 Å². The minimum Gasteiger partial charge on any atom is -0.380 e. The van der Waals surface area contributed by atoms with Gasteiger partial charge in [0.1, 0.15) is 0 Å². The predicted octanol–water partition coefficient (Wildman–Crippen LogP) is 1.75. The van der Waals surface area contributed by atoms with Gasteiger partial charge in [-0.25, -0.2) is 0 Å². The molecule has 2 N–H and O–H groups in total. The van der Waals surface area contributed by atoms with Crippen LogP contribution in [0, 0.1) is 6.92 Å². The summed E-state index contributed by atoms with van der Waals surface area (Å²) in [4.78, 5) is 6.68. The Balaban J connectivity index is 2.69. The number of rotatable bonds is 8. The third kappa shape index (κ3) is 4.37. The third-order valence-electron chi connectivity index (χ3n) is 3.12. The molecule has 0 saturated heterocycles. The number of hydrogen-bond donors (Lipinski definition) is 1. The van der Waals surface area contributed by atoms with Crippen molar-refractivity contribution in [3.8, 4) is 0 Å². The van der Waals surface area contributed by atoms with Crippen LogP contribution in [0.3, 0.4) is 0 Å². The first-order valence-electron chi connectivity index (χ1n) is 6.67. The van der Waals surface area contributed by atoms with Gasteiger partial charge in [-0.3, -0.25) is 9.88 Å². The van der Waals surface area contributed by atoms with Gasteiger partial charge in [-0.15, -0.1) is 0 Å². The second-order valence-electron chi connectivity index (χ2n) is 4.31. The second kappa shape index (κ2) is 8.19. The van der Waals surface area contributed by atoms with Crippen LogP contribution in [0.2, 0.25) is 0 Å². The largest absolute Gasteiger partial charge is 0.380 e. The van der Waals surface area contributed by atoms with Gasteiger partial charge in [0.05, 0.1) is 6.61 Å². The van der Waals surface area contributed by atoms with Crippen molar-refractivity contribution >= 4 is 0 Å². The van der Waals surface area contributed by atoms with E-state index in [0.717, 1.165) is 32.0 Å². The number of hydrogen-bond acceptors (Lipinski definition) is 4. The molecule has 0 aromatic carbocycles. The van der Waals surface area contributed by atoms with Crippen LogP contribution in [0.5, 0.6) is 0 Å². The van der Waals surface area contributed by atoms with E-state index < -0.39 is 0 Å². The fourth-order valence-corrected chi connectivity index (χ4v) is 2.03. The molecule has 1 rings (SSSR count). The molecule has 1 atom stereocenters. The molecule has 4 nitrogen and oxygen atoms in total. The number of nitrogens with zero attached hydrogens (tertiary/aromatic N) is 2. The Labute approximate surface area is 110 Å². The van der Waals surface area contributed by atoms with Gasteiger partial charge in [0.25, 0.3) is 0 Å². The molecule has 1 unspecified atom stereocenters. The van der Waals surface area contributed by atoms with E-state index in [9.17, 15) is 0 Å². The van der Waals surface area contributed by atoms with Crippen LogP contribution >= 0.6 is 0 Å². The lowest BCUT2D eigenvalue weighted by molar-refractivity contribution is 0.0980. The van der Waals surface area contributed by atoms with Crippen molar-refractivity contribution in [2.24, 2.45) is 5.73 Å². The average molecular weight is 251 g/mol. The molecule has 0 aliphatic rings. The Morgan fingerprint density at radius 3 is 2.67 bits per heavy atom. The zero-order valence-electron chi connectivity index (χ0n) is 11.7. The summed E-state index contributed by atoms with van der Waals surface area (Å²) in [7, 11) is 0. The molecule has 1 heterocycles. The molecule has 0 aliphatic heterocycles. The van der Waals surface area contributed by atoms with E-state index in [2.05, 4.69) is 22.9 Å². The van der Waals surface area contributed by atoms with Gasteiger partial charge in [-0.05, 0) is 32.0 Å². The van der Waals surface area contributed by atoms with Gasteiger partial charge in [-0.2, -0.15) is 0 Å². The van der Waals surface area contributed by atoms with Gasteiger partial charge >= 0.3 is 0 Å². The normalized spacial score (nSPS) is 12.9. The van der Waals surface area contributed by atoms with Crippen molar-refractivity contribution in [3.63, 3.8) is 0 Å². The van der Waals surface area contributed by atoms with E-state index in [0.29, 0.717) is 6.54 Å². The summed E-state index contributed by atoms with van der Waals surface area (Å²) in [6, 6.07) is 4.38. The van der Waals surface area contributed by atoms with Gasteiger partial charge in [0, 0.05) is 37.6 Å². The zero-order chi connectivity index (χ0) is 13.4. The van der Waals surface area contributed by atoms with Crippen molar-refractivity contribution in [1.29, 1.82) is 0 Å². The molecule has 18 heavy (non-hydrogen) atoms. The highest BCUT2D eigenvalue weighted by atomic mass is 16.5. The van der Waals surface area contributed by atoms with E-state index >= 15 is 0 Å². The summed E-state index contributed by atoms with van der Waals surface area (Å²) in [5, 5.41) is 0. The highest BCUT2D eigenvalue weighted by molar-refractivity contribution is 5.17. The molecule has 0 radical (unpaired) electrons. The summed E-state index contributed by atoms with van der Waals surface area (Å²) >= 11 is 0. The van der Waals surface area contributed by atoms with Crippen molar-refractivity contribution in [2.45, 2.75) is 26.8 Å². The topological polar surface area (TPSA) is 51.4 Å². The number of pyridine rings is 1. The Hall–Kier alpha value is -0.970. The maximum absolute atomic E-state index is 5.91. The van der Waals surface area contributed by atoms with Crippen molar-refractivity contribution < 1.29 is 4.74 Å². The summed E-state index contributed by atoms with van der Waals surface area (Å²) < 4.78 is 5.42. The van der Waals surface area contributed by atoms with E-state index in [1.807, 2.05) is 26.1 Å². The fraction of sp³-hybridized carbons (Fsp3) is 0.643. The van der Waals surface area contributed by atoms with Crippen LogP contribution in [0.4, 0.5) is 0 Å². The van der Waals surface area contributed by atoms with Crippen molar-refractivity contribution in [2.75, 3.05) is 32.8 Å². The smallest absolute Gasteiger partial charge is 0.0593 e. The molecule has 1 aromatic rings. The molecule has 0 bridgehead atoms. The van der Waals surface area contributed by atoms with E-state index in [-0.39, 0.29) is 6.04 Å². The zero-order valence-corrected chi connectivity index (χ0v) is 11.7. The van der Waals surface area contributed by atoms with Crippen LogP contribution in [0.1, 0.15) is 31.1 Å². The Bertz CT molecular complexity index is 326. The first kappa shape index (κ1) is 15.1. The van der Waals surface area contributed by atoms with E-state index in [4.69, 9.17) is 10.5 Å². The van der Waals surface area contributed by atoms with Crippen LogP contribution < -0.4 is 5.73 Å². The molecule has 0 amide bonds. The minimum absolute atomic E-state index is 0.226. The molecule has 0 fully saturated rings.